The molecular weight excluding hydrogens is 280 g/mol. The smallest absolute Gasteiger partial charge is 0.222 e. The summed E-state index contributed by atoms with van der Waals surface area (Å²) >= 11 is 1.66. The second-order valence-electron chi connectivity index (χ2n) is 5.82. The topological polar surface area (TPSA) is 55.1 Å². The molecule has 1 saturated carbocycles. The number of rotatable bonds is 5. The Kier molecular flexibility index (Phi) is 4.08. The highest BCUT2D eigenvalue weighted by Crippen LogP contribution is 2.33. The average molecular weight is 300 g/mol. The Morgan fingerprint density at radius 3 is 2.57 bits per heavy atom. The summed E-state index contributed by atoms with van der Waals surface area (Å²) in [4.78, 5) is 13.5. The van der Waals surface area contributed by atoms with Crippen LogP contribution in [0.25, 0.3) is 0 Å². The van der Waals surface area contributed by atoms with Crippen LogP contribution in [-0.4, -0.2) is 11.4 Å². The summed E-state index contributed by atoms with van der Waals surface area (Å²) in [6.07, 6.45) is 3.46. The molecule has 0 radical (unpaired) electrons. The molecule has 0 aliphatic heterocycles. The van der Waals surface area contributed by atoms with Gasteiger partial charge in [0.05, 0.1) is 6.04 Å². The third-order valence-electron chi connectivity index (χ3n) is 4.13. The Morgan fingerprint density at radius 2 is 2.00 bits per heavy atom. The number of hydrogen-bond acceptors (Lipinski definition) is 3. The van der Waals surface area contributed by atoms with Crippen molar-refractivity contribution in [2.24, 2.45) is 5.73 Å². The van der Waals surface area contributed by atoms with Crippen LogP contribution in [0, 0.1) is 0 Å². The molecule has 1 fully saturated rings. The molecule has 3 nitrogen and oxygen atoms in total. The van der Waals surface area contributed by atoms with Crippen LogP contribution in [0.4, 0.5) is 0 Å². The zero-order valence-electron chi connectivity index (χ0n) is 11.9. The van der Waals surface area contributed by atoms with Gasteiger partial charge in [0.1, 0.15) is 0 Å². The van der Waals surface area contributed by atoms with E-state index in [9.17, 15) is 4.79 Å². The number of benzene rings is 1. The van der Waals surface area contributed by atoms with Crippen LogP contribution in [0.3, 0.4) is 0 Å². The van der Waals surface area contributed by atoms with Crippen molar-refractivity contribution in [2.75, 3.05) is 0 Å². The van der Waals surface area contributed by atoms with Crippen LogP contribution in [-0.2, 0) is 4.79 Å². The minimum atomic E-state index is -0.277. The molecule has 1 aromatic carbocycles. The first-order valence-electron chi connectivity index (χ1n) is 7.33. The highest BCUT2D eigenvalue weighted by molar-refractivity contribution is 7.10. The Labute approximate surface area is 129 Å². The number of carbonyl (C=O) groups is 1. The molecule has 1 atom stereocenters. The zero-order valence-corrected chi connectivity index (χ0v) is 12.7. The van der Waals surface area contributed by atoms with E-state index in [1.54, 1.807) is 11.3 Å². The average Bonchev–Trinajstić information content (AvgIpc) is 2.98. The fraction of sp³-hybridized carbons (Fsp3) is 0.353. The van der Waals surface area contributed by atoms with Crippen molar-refractivity contribution >= 4 is 17.2 Å². The summed E-state index contributed by atoms with van der Waals surface area (Å²) in [7, 11) is 0. The van der Waals surface area contributed by atoms with E-state index in [-0.39, 0.29) is 17.5 Å². The van der Waals surface area contributed by atoms with Crippen LogP contribution < -0.4 is 11.1 Å². The zero-order chi connectivity index (χ0) is 14.7. The molecular formula is C17H20N2OS. The molecule has 3 rings (SSSR count). The van der Waals surface area contributed by atoms with Crippen LogP contribution >= 0.6 is 11.3 Å². The number of nitrogens with one attached hydrogen (secondary N) is 1. The summed E-state index contributed by atoms with van der Waals surface area (Å²) in [5.74, 6) is 0.0412. The van der Waals surface area contributed by atoms with Crippen molar-refractivity contribution in [1.29, 1.82) is 0 Å². The van der Waals surface area contributed by atoms with Crippen LogP contribution in [0.1, 0.15) is 42.2 Å². The van der Waals surface area contributed by atoms with Gasteiger partial charge in [-0.25, -0.2) is 0 Å². The second kappa shape index (κ2) is 6.00. The van der Waals surface area contributed by atoms with Gasteiger partial charge >= 0.3 is 0 Å². The summed E-state index contributed by atoms with van der Waals surface area (Å²) in [6.45, 7) is 0. The van der Waals surface area contributed by atoms with Crippen molar-refractivity contribution < 1.29 is 4.79 Å². The lowest BCUT2D eigenvalue weighted by atomic mass is 9.75. The fourth-order valence-corrected chi connectivity index (χ4v) is 3.56. The number of nitrogens with two attached hydrogens (primary N) is 1. The molecule has 3 N–H and O–H groups in total. The molecule has 0 bridgehead atoms. The maximum absolute atomic E-state index is 12.3. The second-order valence-corrected chi connectivity index (χ2v) is 6.80. The first-order valence-corrected chi connectivity index (χ1v) is 8.21. The van der Waals surface area contributed by atoms with Crippen molar-refractivity contribution in [3.8, 4) is 0 Å². The van der Waals surface area contributed by atoms with Gasteiger partial charge in [0.2, 0.25) is 5.91 Å². The Morgan fingerprint density at radius 1 is 1.24 bits per heavy atom. The number of thiophene rings is 1. The lowest BCUT2D eigenvalue weighted by Gasteiger charge is -2.37. The minimum absolute atomic E-state index is 0.0412. The van der Waals surface area contributed by atoms with E-state index in [4.69, 9.17) is 5.73 Å². The molecule has 1 aliphatic rings. The molecule has 1 aromatic heterocycles. The molecule has 1 unspecified atom stereocenters. The van der Waals surface area contributed by atoms with E-state index in [2.05, 4.69) is 11.4 Å². The maximum atomic E-state index is 12.3. The number of hydrogen-bond donors (Lipinski definition) is 2. The van der Waals surface area contributed by atoms with Gasteiger partial charge in [-0.3, -0.25) is 4.79 Å². The monoisotopic (exact) mass is 300 g/mol. The van der Waals surface area contributed by atoms with Crippen LogP contribution in [0.2, 0.25) is 0 Å². The van der Waals surface area contributed by atoms with Crippen molar-refractivity contribution in [3.63, 3.8) is 0 Å². The van der Waals surface area contributed by atoms with E-state index in [0.717, 1.165) is 29.7 Å². The quantitative estimate of drug-likeness (QED) is 0.890. The van der Waals surface area contributed by atoms with Gasteiger partial charge in [0.25, 0.3) is 0 Å². The molecule has 1 heterocycles. The largest absolute Gasteiger partial charge is 0.344 e. The van der Waals surface area contributed by atoms with E-state index >= 15 is 0 Å². The highest BCUT2D eigenvalue weighted by Gasteiger charge is 2.35. The molecule has 1 aliphatic carbocycles. The summed E-state index contributed by atoms with van der Waals surface area (Å²) < 4.78 is 0. The Bertz CT molecular complexity index is 591. The molecule has 110 valence electrons. The summed E-state index contributed by atoms with van der Waals surface area (Å²) in [6, 6.07) is 14.1. The van der Waals surface area contributed by atoms with Crippen molar-refractivity contribution in [2.45, 2.75) is 37.3 Å². The van der Waals surface area contributed by atoms with Crippen LogP contribution in [0.15, 0.2) is 47.8 Å². The third-order valence-corrected chi connectivity index (χ3v) is 5.07. The lowest BCUT2D eigenvalue weighted by Crippen LogP contribution is -2.50. The molecule has 21 heavy (non-hydrogen) atoms. The van der Waals surface area contributed by atoms with Gasteiger partial charge in [-0.1, -0.05) is 36.4 Å². The fourth-order valence-electron chi connectivity index (χ4n) is 2.76. The minimum Gasteiger partial charge on any atom is -0.344 e. The van der Waals surface area contributed by atoms with Crippen LogP contribution in [0.5, 0.6) is 0 Å². The van der Waals surface area contributed by atoms with Gasteiger partial charge < -0.3 is 11.1 Å². The number of amides is 1. The van der Waals surface area contributed by atoms with E-state index in [1.807, 2.05) is 41.8 Å². The lowest BCUT2D eigenvalue weighted by molar-refractivity contribution is -0.123. The molecule has 0 spiro atoms. The van der Waals surface area contributed by atoms with E-state index in [1.165, 1.54) is 0 Å². The Hall–Kier alpha value is -1.65. The first-order chi connectivity index (χ1) is 10.2. The normalized spacial score (nSPS) is 17.8. The molecule has 4 heteroatoms. The standard InChI is InChI=1S/C17H20N2OS/c18-17(9-5-10-17)12-15(20)19-16(14-8-4-11-21-14)13-6-2-1-3-7-13/h1-4,6-8,11,16H,5,9-10,12,18H2,(H,19,20). The van der Waals surface area contributed by atoms with Gasteiger partial charge in [0.15, 0.2) is 0 Å². The maximum Gasteiger partial charge on any atom is 0.222 e. The Balaban J connectivity index is 1.75. The predicted molar refractivity (Wildman–Crippen MR) is 86.1 cm³/mol. The molecule has 0 saturated heterocycles. The van der Waals surface area contributed by atoms with Crippen molar-refractivity contribution in [3.05, 3.63) is 58.3 Å². The first kappa shape index (κ1) is 14.3. The van der Waals surface area contributed by atoms with E-state index < -0.39 is 0 Å². The summed E-state index contributed by atoms with van der Waals surface area (Å²) in [5.41, 5.74) is 7.01. The summed E-state index contributed by atoms with van der Waals surface area (Å²) in [5, 5.41) is 5.19. The van der Waals surface area contributed by atoms with Gasteiger partial charge in [-0.2, -0.15) is 0 Å². The molecule has 2 aromatic rings. The highest BCUT2D eigenvalue weighted by atomic mass is 32.1. The van der Waals surface area contributed by atoms with Gasteiger partial charge in [-0.15, -0.1) is 11.3 Å². The number of carbonyl (C=O) groups excluding carboxylic acids is 1. The van der Waals surface area contributed by atoms with Gasteiger partial charge in [0, 0.05) is 16.8 Å². The van der Waals surface area contributed by atoms with E-state index in [0.29, 0.717) is 6.42 Å². The predicted octanol–water partition coefficient (Wildman–Crippen LogP) is 3.23. The van der Waals surface area contributed by atoms with Crippen molar-refractivity contribution in [1.82, 2.24) is 5.32 Å². The SMILES string of the molecule is NC1(CC(=O)NC(c2ccccc2)c2cccs2)CCC1. The van der Waals surface area contributed by atoms with Gasteiger partial charge in [-0.05, 0) is 36.3 Å². The molecule has 1 amide bonds. The third kappa shape index (κ3) is 3.34.